The molecule has 0 bridgehead atoms. The van der Waals surface area contributed by atoms with Crippen LogP contribution in [0, 0.1) is 17.5 Å². The van der Waals surface area contributed by atoms with Crippen molar-refractivity contribution in [2.45, 2.75) is 39.0 Å². The van der Waals surface area contributed by atoms with Gasteiger partial charge < -0.3 is 10.2 Å². The zero-order valence-electron chi connectivity index (χ0n) is 15.6. The molecule has 1 aromatic carbocycles. The highest BCUT2D eigenvalue weighted by molar-refractivity contribution is 7.94. The molecule has 2 atom stereocenters. The SMILES string of the molecule is C[C@H]1Cn2ncc(N3[C@@H](C)CS3(=O)=O)c2CN1C(=O)Nc1cc(F)c(F)c(F)c1. The average Bonchev–Trinajstić information content (AvgIpc) is 2.99. The number of nitrogens with one attached hydrogen (secondary N) is 1. The molecular weight excluding hydrogens is 411 g/mol. The van der Waals surface area contributed by atoms with Crippen LogP contribution in [0.2, 0.25) is 0 Å². The first-order valence-corrected chi connectivity index (χ1v) is 10.5. The van der Waals surface area contributed by atoms with Gasteiger partial charge in [0.05, 0.1) is 48.5 Å². The van der Waals surface area contributed by atoms with Crippen LogP contribution in [0.3, 0.4) is 0 Å². The first kappa shape index (κ1) is 19.6. The van der Waals surface area contributed by atoms with E-state index in [1.165, 1.54) is 15.4 Å². The molecule has 3 heterocycles. The second kappa shape index (κ2) is 6.65. The highest BCUT2D eigenvalue weighted by Crippen LogP contribution is 2.35. The Morgan fingerprint density at radius 3 is 2.41 bits per heavy atom. The van der Waals surface area contributed by atoms with Gasteiger partial charge in [0.2, 0.25) is 10.0 Å². The molecule has 0 aliphatic carbocycles. The molecule has 2 aliphatic heterocycles. The van der Waals surface area contributed by atoms with E-state index in [2.05, 4.69) is 10.4 Å². The van der Waals surface area contributed by atoms with E-state index in [0.717, 1.165) is 0 Å². The molecule has 2 aromatic rings. The van der Waals surface area contributed by atoms with Crippen LogP contribution in [0.25, 0.3) is 0 Å². The zero-order chi connectivity index (χ0) is 21.1. The van der Waals surface area contributed by atoms with E-state index in [-0.39, 0.29) is 30.1 Å². The lowest BCUT2D eigenvalue weighted by molar-refractivity contribution is 0.161. The summed E-state index contributed by atoms with van der Waals surface area (Å²) < 4.78 is 67.1. The predicted molar refractivity (Wildman–Crippen MR) is 98.3 cm³/mol. The maximum Gasteiger partial charge on any atom is 0.322 e. The average molecular weight is 429 g/mol. The number of anilines is 2. The Hall–Kier alpha value is -2.76. The van der Waals surface area contributed by atoms with E-state index in [9.17, 15) is 26.4 Å². The third kappa shape index (κ3) is 3.20. The minimum Gasteiger partial charge on any atom is -0.314 e. The Morgan fingerprint density at radius 2 is 1.83 bits per heavy atom. The Bertz CT molecular complexity index is 1080. The molecule has 4 rings (SSSR count). The fourth-order valence-corrected chi connectivity index (χ4v) is 5.43. The number of fused-ring (bicyclic) bond motifs is 1. The number of nitrogens with zero attached hydrogens (tertiary/aromatic N) is 4. The molecule has 29 heavy (non-hydrogen) atoms. The van der Waals surface area contributed by atoms with Crippen LogP contribution in [0.4, 0.5) is 29.3 Å². The number of urea groups is 1. The van der Waals surface area contributed by atoms with Gasteiger partial charge in [-0.3, -0.25) is 8.99 Å². The minimum atomic E-state index is -3.40. The summed E-state index contributed by atoms with van der Waals surface area (Å²) >= 11 is 0. The summed E-state index contributed by atoms with van der Waals surface area (Å²) in [6.07, 6.45) is 1.46. The standard InChI is InChI=1S/C17H18F3N5O3S/c1-9-6-24-15(14(5-21-24)25-10(2)8-29(25,27)28)7-23(9)17(26)22-11-3-12(18)16(20)13(19)4-11/h3-5,9-10H,6-8H2,1-2H3,(H,22,26)/t9-,10-/m0/s1. The molecular formula is C17H18F3N5O3S. The van der Waals surface area contributed by atoms with E-state index < -0.39 is 33.5 Å². The molecule has 1 N–H and O–H groups in total. The Kier molecular flexibility index (Phi) is 4.48. The van der Waals surface area contributed by atoms with Crippen molar-refractivity contribution in [1.29, 1.82) is 0 Å². The summed E-state index contributed by atoms with van der Waals surface area (Å²) in [4.78, 5) is 14.1. The highest BCUT2D eigenvalue weighted by atomic mass is 32.2. The normalized spacial score (nSPS) is 22.8. The van der Waals surface area contributed by atoms with Crippen LogP contribution >= 0.6 is 0 Å². The summed E-state index contributed by atoms with van der Waals surface area (Å²) in [7, 11) is -3.40. The first-order chi connectivity index (χ1) is 13.6. The maximum atomic E-state index is 13.4. The molecule has 8 nitrogen and oxygen atoms in total. The summed E-state index contributed by atoms with van der Waals surface area (Å²) in [6, 6.07) is 0.196. The quantitative estimate of drug-likeness (QED) is 0.742. The van der Waals surface area contributed by atoms with Crippen molar-refractivity contribution in [3.8, 4) is 0 Å². The number of aromatic nitrogens is 2. The van der Waals surface area contributed by atoms with Crippen molar-refractivity contribution in [2.75, 3.05) is 15.4 Å². The molecule has 0 unspecified atom stereocenters. The van der Waals surface area contributed by atoms with E-state index in [4.69, 9.17) is 0 Å². The number of rotatable bonds is 2. The Labute approximate surface area is 164 Å². The van der Waals surface area contributed by atoms with Crippen molar-refractivity contribution in [3.63, 3.8) is 0 Å². The second-order valence-corrected chi connectivity index (χ2v) is 9.13. The summed E-state index contributed by atoms with van der Waals surface area (Å²) in [5.41, 5.74) is 0.731. The van der Waals surface area contributed by atoms with Gasteiger partial charge in [-0.1, -0.05) is 0 Å². The van der Waals surface area contributed by atoms with Crippen molar-refractivity contribution in [2.24, 2.45) is 0 Å². The summed E-state index contributed by atoms with van der Waals surface area (Å²) in [5, 5.41) is 6.59. The van der Waals surface area contributed by atoms with Crippen LogP contribution in [0.1, 0.15) is 19.5 Å². The van der Waals surface area contributed by atoms with Crippen LogP contribution in [-0.2, 0) is 23.1 Å². The van der Waals surface area contributed by atoms with Crippen LogP contribution in [0.15, 0.2) is 18.3 Å². The number of sulfonamides is 1. The lowest BCUT2D eigenvalue weighted by Crippen LogP contribution is -2.56. The third-order valence-corrected chi connectivity index (χ3v) is 7.16. The molecule has 2 aliphatic rings. The summed E-state index contributed by atoms with van der Waals surface area (Å²) in [5.74, 6) is -4.40. The number of carbonyl (C=O) groups is 1. The van der Waals surface area contributed by atoms with E-state index in [1.807, 2.05) is 0 Å². The van der Waals surface area contributed by atoms with E-state index in [1.54, 1.807) is 18.5 Å². The monoisotopic (exact) mass is 429 g/mol. The number of benzene rings is 1. The van der Waals surface area contributed by atoms with Gasteiger partial charge in [0.1, 0.15) is 0 Å². The van der Waals surface area contributed by atoms with Gasteiger partial charge >= 0.3 is 6.03 Å². The van der Waals surface area contributed by atoms with Crippen LogP contribution in [0.5, 0.6) is 0 Å². The molecule has 12 heteroatoms. The lowest BCUT2D eigenvalue weighted by atomic mass is 10.2. The molecule has 0 radical (unpaired) electrons. The highest BCUT2D eigenvalue weighted by Gasteiger charge is 2.43. The molecule has 1 fully saturated rings. The summed E-state index contributed by atoms with van der Waals surface area (Å²) in [6.45, 7) is 3.90. The second-order valence-electron chi connectivity index (χ2n) is 7.24. The largest absolute Gasteiger partial charge is 0.322 e. The van der Waals surface area contributed by atoms with Crippen molar-refractivity contribution < 1.29 is 26.4 Å². The van der Waals surface area contributed by atoms with E-state index >= 15 is 0 Å². The predicted octanol–water partition coefficient (Wildman–Crippen LogP) is 2.27. The molecule has 1 aromatic heterocycles. The van der Waals surface area contributed by atoms with Crippen LogP contribution < -0.4 is 9.62 Å². The van der Waals surface area contributed by atoms with Crippen molar-refractivity contribution in [1.82, 2.24) is 14.7 Å². The molecule has 156 valence electrons. The van der Waals surface area contributed by atoms with E-state index in [0.29, 0.717) is 30.1 Å². The lowest BCUT2D eigenvalue weighted by Gasteiger charge is -2.40. The first-order valence-electron chi connectivity index (χ1n) is 8.87. The van der Waals surface area contributed by atoms with Gasteiger partial charge in [-0.25, -0.2) is 26.4 Å². The number of amides is 2. The molecule has 2 amide bonds. The van der Waals surface area contributed by atoms with Gasteiger partial charge in [-0.05, 0) is 13.8 Å². The van der Waals surface area contributed by atoms with Gasteiger partial charge in [-0.15, -0.1) is 0 Å². The van der Waals surface area contributed by atoms with Gasteiger partial charge in [0.25, 0.3) is 0 Å². The fraction of sp³-hybridized carbons (Fsp3) is 0.412. The number of carbonyl (C=O) groups excluding carboxylic acids is 1. The molecule has 1 saturated heterocycles. The Balaban J connectivity index is 1.59. The third-order valence-electron chi connectivity index (χ3n) is 5.10. The fourth-order valence-electron chi connectivity index (χ4n) is 3.70. The van der Waals surface area contributed by atoms with Gasteiger partial charge in [0, 0.05) is 17.8 Å². The number of hydrogen-bond acceptors (Lipinski definition) is 4. The van der Waals surface area contributed by atoms with Gasteiger partial charge in [-0.2, -0.15) is 5.10 Å². The zero-order valence-corrected chi connectivity index (χ0v) is 16.4. The smallest absolute Gasteiger partial charge is 0.314 e. The topological polar surface area (TPSA) is 87.5 Å². The number of hydrogen-bond donors (Lipinski definition) is 1. The van der Waals surface area contributed by atoms with Crippen molar-refractivity contribution >= 4 is 27.4 Å². The Morgan fingerprint density at radius 1 is 1.17 bits per heavy atom. The van der Waals surface area contributed by atoms with Crippen LogP contribution in [-0.4, -0.2) is 47.0 Å². The van der Waals surface area contributed by atoms with Crippen molar-refractivity contribution in [3.05, 3.63) is 41.5 Å². The minimum absolute atomic E-state index is 0.0416. The van der Waals surface area contributed by atoms with Gasteiger partial charge in [0.15, 0.2) is 17.5 Å². The molecule has 0 saturated carbocycles. The maximum absolute atomic E-state index is 13.4. The number of halogens is 3. The molecule has 0 spiro atoms.